The molecule has 4 heteroatoms. The predicted octanol–water partition coefficient (Wildman–Crippen LogP) is 1.20. The Bertz CT molecular complexity index is 202. The first-order chi connectivity index (χ1) is 7.13. The van der Waals surface area contributed by atoms with E-state index in [4.69, 9.17) is 15.9 Å². The summed E-state index contributed by atoms with van der Waals surface area (Å²) in [5.74, 6) is 0.272. The normalized spacial score (nSPS) is 23.3. The topological polar surface area (TPSA) is 62.3 Å². The van der Waals surface area contributed by atoms with Gasteiger partial charge in [-0.1, -0.05) is 6.92 Å². The lowest BCUT2D eigenvalue weighted by Crippen LogP contribution is -2.40. The molecule has 1 heterocycles. The lowest BCUT2D eigenvalue weighted by molar-refractivity contribution is 0.0630. The Hall–Kier alpha value is -0.610. The van der Waals surface area contributed by atoms with Crippen molar-refractivity contribution in [1.82, 2.24) is 4.90 Å². The molecule has 2 unspecified atom stereocenters. The van der Waals surface area contributed by atoms with Crippen molar-refractivity contribution in [3.8, 4) is 0 Å². The minimum atomic E-state index is 0.272. The van der Waals surface area contributed by atoms with E-state index < -0.39 is 0 Å². The molecule has 0 aliphatic carbocycles. The highest BCUT2D eigenvalue weighted by molar-refractivity contribution is 5.77. The zero-order valence-corrected chi connectivity index (χ0v) is 9.83. The molecule has 0 aromatic rings. The largest absolute Gasteiger partial charge is 0.388 e. The fraction of sp³-hybridized carbons (Fsp3) is 0.909. The number of amidine groups is 1. The van der Waals surface area contributed by atoms with E-state index in [-0.39, 0.29) is 5.84 Å². The molecule has 88 valence electrons. The standard InChI is InChI=1S/C11H23N3O/c1-3-14(9(2)7-11(12)13)8-10-5-4-6-15-10/h9-10H,3-8H2,1-2H3,(H3,12,13). The molecule has 2 atom stereocenters. The summed E-state index contributed by atoms with van der Waals surface area (Å²) in [5.41, 5.74) is 5.42. The third-order valence-electron chi connectivity index (χ3n) is 3.01. The summed E-state index contributed by atoms with van der Waals surface area (Å²) in [6, 6.07) is 0.344. The summed E-state index contributed by atoms with van der Waals surface area (Å²) in [5, 5.41) is 7.30. The molecule has 1 saturated heterocycles. The van der Waals surface area contributed by atoms with E-state index in [0.717, 1.165) is 19.7 Å². The van der Waals surface area contributed by atoms with Gasteiger partial charge in [0.15, 0.2) is 0 Å². The summed E-state index contributed by atoms with van der Waals surface area (Å²) in [6.07, 6.45) is 3.40. The second-order valence-electron chi connectivity index (χ2n) is 4.30. The van der Waals surface area contributed by atoms with Crippen LogP contribution in [0.2, 0.25) is 0 Å². The monoisotopic (exact) mass is 213 g/mol. The highest BCUT2D eigenvalue weighted by atomic mass is 16.5. The van der Waals surface area contributed by atoms with Crippen LogP contribution in [0.4, 0.5) is 0 Å². The van der Waals surface area contributed by atoms with Gasteiger partial charge in [0.05, 0.1) is 11.9 Å². The van der Waals surface area contributed by atoms with E-state index in [1.165, 1.54) is 12.8 Å². The molecule has 0 bridgehead atoms. The molecule has 0 radical (unpaired) electrons. The zero-order valence-electron chi connectivity index (χ0n) is 9.83. The molecular formula is C11H23N3O. The van der Waals surface area contributed by atoms with Crippen molar-refractivity contribution in [3.63, 3.8) is 0 Å². The molecule has 15 heavy (non-hydrogen) atoms. The molecule has 1 aliphatic heterocycles. The van der Waals surface area contributed by atoms with Gasteiger partial charge < -0.3 is 10.5 Å². The number of nitrogens with one attached hydrogen (secondary N) is 1. The third kappa shape index (κ3) is 4.18. The Morgan fingerprint density at radius 2 is 2.40 bits per heavy atom. The van der Waals surface area contributed by atoms with Crippen molar-refractivity contribution in [2.75, 3.05) is 19.7 Å². The minimum Gasteiger partial charge on any atom is -0.388 e. The molecule has 1 fully saturated rings. The molecule has 3 N–H and O–H groups in total. The fourth-order valence-electron chi connectivity index (χ4n) is 2.12. The lowest BCUT2D eigenvalue weighted by Gasteiger charge is -2.29. The van der Waals surface area contributed by atoms with Crippen molar-refractivity contribution in [2.45, 2.75) is 45.3 Å². The smallest absolute Gasteiger partial charge is 0.0920 e. The van der Waals surface area contributed by atoms with Gasteiger partial charge in [-0.25, -0.2) is 0 Å². The maximum Gasteiger partial charge on any atom is 0.0920 e. The summed E-state index contributed by atoms with van der Waals surface area (Å²) >= 11 is 0. The van der Waals surface area contributed by atoms with Crippen molar-refractivity contribution < 1.29 is 4.74 Å². The molecule has 0 amide bonds. The molecule has 0 aromatic heterocycles. The van der Waals surface area contributed by atoms with Crippen LogP contribution < -0.4 is 5.73 Å². The summed E-state index contributed by atoms with van der Waals surface area (Å²) in [6.45, 7) is 7.15. The van der Waals surface area contributed by atoms with Crippen LogP contribution in [0.5, 0.6) is 0 Å². The first kappa shape index (κ1) is 12.5. The van der Waals surface area contributed by atoms with E-state index in [0.29, 0.717) is 18.6 Å². The van der Waals surface area contributed by atoms with E-state index in [9.17, 15) is 0 Å². The molecule has 0 saturated carbocycles. The average Bonchev–Trinajstić information content (AvgIpc) is 2.65. The molecule has 4 nitrogen and oxygen atoms in total. The molecule has 1 rings (SSSR count). The first-order valence-corrected chi connectivity index (χ1v) is 5.82. The zero-order chi connectivity index (χ0) is 11.3. The average molecular weight is 213 g/mol. The number of nitrogens with zero attached hydrogens (tertiary/aromatic N) is 1. The number of nitrogens with two attached hydrogens (primary N) is 1. The Kier molecular flexibility index (Phi) is 5.05. The Balaban J connectivity index is 2.35. The fourth-order valence-corrected chi connectivity index (χ4v) is 2.12. The van der Waals surface area contributed by atoms with Gasteiger partial charge >= 0.3 is 0 Å². The molecular weight excluding hydrogens is 190 g/mol. The van der Waals surface area contributed by atoms with Gasteiger partial charge in [-0.05, 0) is 26.3 Å². The van der Waals surface area contributed by atoms with Gasteiger partial charge in [-0.2, -0.15) is 0 Å². The lowest BCUT2D eigenvalue weighted by atomic mass is 10.1. The summed E-state index contributed by atoms with van der Waals surface area (Å²) in [4.78, 5) is 2.34. The minimum absolute atomic E-state index is 0.272. The van der Waals surface area contributed by atoms with Crippen LogP contribution in [0.15, 0.2) is 0 Å². The van der Waals surface area contributed by atoms with E-state index in [2.05, 4.69) is 18.7 Å². The second kappa shape index (κ2) is 6.08. The van der Waals surface area contributed by atoms with Crippen LogP contribution in [0.25, 0.3) is 0 Å². The van der Waals surface area contributed by atoms with Crippen LogP contribution in [0.3, 0.4) is 0 Å². The van der Waals surface area contributed by atoms with Crippen LogP contribution in [0.1, 0.15) is 33.1 Å². The molecule has 1 aliphatic rings. The van der Waals surface area contributed by atoms with Crippen LogP contribution in [-0.2, 0) is 4.74 Å². The highest BCUT2D eigenvalue weighted by Crippen LogP contribution is 2.15. The molecule has 0 aromatic carbocycles. The van der Waals surface area contributed by atoms with Crippen molar-refractivity contribution in [2.24, 2.45) is 5.73 Å². The number of ether oxygens (including phenoxy) is 1. The van der Waals surface area contributed by atoms with Gasteiger partial charge in [0.2, 0.25) is 0 Å². The predicted molar refractivity (Wildman–Crippen MR) is 62.2 cm³/mol. The Morgan fingerprint density at radius 3 is 2.87 bits per heavy atom. The van der Waals surface area contributed by atoms with E-state index in [1.54, 1.807) is 0 Å². The van der Waals surface area contributed by atoms with Gasteiger partial charge in [-0.3, -0.25) is 10.3 Å². The molecule has 0 spiro atoms. The quantitative estimate of drug-likeness (QED) is 0.515. The number of hydrogen-bond acceptors (Lipinski definition) is 3. The second-order valence-corrected chi connectivity index (χ2v) is 4.30. The van der Waals surface area contributed by atoms with Crippen molar-refractivity contribution in [1.29, 1.82) is 5.41 Å². The highest BCUT2D eigenvalue weighted by Gasteiger charge is 2.21. The van der Waals surface area contributed by atoms with Crippen molar-refractivity contribution in [3.05, 3.63) is 0 Å². The maximum absolute atomic E-state index is 7.30. The van der Waals surface area contributed by atoms with Gasteiger partial charge in [0.25, 0.3) is 0 Å². The van der Waals surface area contributed by atoms with Gasteiger partial charge in [0, 0.05) is 25.6 Å². The van der Waals surface area contributed by atoms with E-state index >= 15 is 0 Å². The summed E-state index contributed by atoms with van der Waals surface area (Å²) in [7, 11) is 0. The third-order valence-corrected chi connectivity index (χ3v) is 3.01. The van der Waals surface area contributed by atoms with Crippen LogP contribution in [-0.4, -0.2) is 42.6 Å². The van der Waals surface area contributed by atoms with Crippen LogP contribution >= 0.6 is 0 Å². The van der Waals surface area contributed by atoms with Gasteiger partial charge in [0.1, 0.15) is 0 Å². The number of hydrogen-bond donors (Lipinski definition) is 2. The maximum atomic E-state index is 7.30. The summed E-state index contributed by atoms with van der Waals surface area (Å²) < 4.78 is 5.61. The number of likely N-dealkylation sites (N-methyl/N-ethyl adjacent to an activating group) is 1. The van der Waals surface area contributed by atoms with Crippen LogP contribution in [0, 0.1) is 5.41 Å². The van der Waals surface area contributed by atoms with Gasteiger partial charge in [-0.15, -0.1) is 0 Å². The number of rotatable bonds is 6. The van der Waals surface area contributed by atoms with Crippen molar-refractivity contribution >= 4 is 5.84 Å². The van der Waals surface area contributed by atoms with E-state index in [1.807, 2.05) is 0 Å². The Labute approximate surface area is 92.3 Å². The first-order valence-electron chi connectivity index (χ1n) is 5.82. The SMILES string of the molecule is CCN(CC1CCCO1)C(C)CC(=N)N. The Morgan fingerprint density at radius 1 is 1.67 bits per heavy atom.